The molecular weight excluding hydrogens is 228 g/mol. The number of benzene rings is 1. The van der Waals surface area contributed by atoms with Gasteiger partial charge >= 0.3 is 0 Å². The molecular formula is C13H12N4O. The minimum atomic E-state index is -0.173. The third-order valence-corrected chi connectivity index (χ3v) is 2.34. The highest BCUT2D eigenvalue weighted by Crippen LogP contribution is 2.09. The number of nitrogens with zero attached hydrogens (tertiary/aromatic N) is 3. The molecule has 1 aromatic carbocycles. The molecule has 0 aliphatic carbocycles. The third-order valence-electron chi connectivity index (χ3n) is 2.34. The van der Waals surface area contributed by atoms with Crippen LogP contribution >= 0.6 is 0 Å². The highest BCUT2D eigenvalue weighted by molar-refractivity contribution is 5.90. The second-order valence-corrected chi connectivity index (χ2v) is 3.96. The summed E-state index contributed by atoms with van der Waals surface area (Å²) in [5.74, 6) is -0.173. The lowest BCUT2D eigenvalue weighted by Gasteiger charge is -2.05. The normalized spacial score (nSPS) is 9.78. The molecule has 5 nitrogen and oxygen atoms in total. The number of amides is 1. The van der Waals surface area contributed by atoms with E-state index in [2.05, 4.69) is 10.4 Å². The molecule has 1 amide bonds. The first-order valence-corrected chi connectivity index (χ1v) is 5.46. The predicted molar refractivity (Wildman–Crippen MR) is 66.8 cm³/mol. The second kappa shape index (κ2) is 5.15. The van der Waals surface area contributed by atoms with Crippen molar-refractivity contribution in [2.75, 3.05) is 5.32 Å². The standard InChI is InChI=1S/C13H12N4O/c1-10-7-15-17(8-10)9-13(18)16-12-4-2-3-11(5-12)6-14/h2-5,7-8H,9H2,1H3,(H,16,18). The average molecular weight is 240 g/mol. The second-order valence-electron chi connectivity index (χ2n) is 3.96. The lowest BCUT2D eigenvalue weighted by Crippen LogP contribution is -2.19. The molecule has 0 bridgehead atoms. The number of aryl methyl sites for hydroxylation is 1. The zero-order chi connectivity index (χ0) is 13.0. The van der Waals surface area contributed by atoms with Crippen LogP contribution in [0.3, 0.4) is 0 Å². The van der Waals surface area contributed by atoms with Crippen molar-refractivity contribution < 1.29 is 4.79 Å². The van der Waals surface area contributed by atoms with Gasteiger partial charge in [0.15, 0.2) is 0 Å². The number of hydrogen-bond donors (Lipinski definition) is 1. The number of nitriles is 1. The number of rotatable bonds is 3. The SMILES string of the molecule is Cc1cnn(CC(=O)Nc2cccc(C#N)c2)c1. The van der Waals surface area contributed by atoms with Gasteiger partial charge in [0.2, 0.25) is 5.91 Å². The maximum atomic E-state index is 11.7. The maximum Gasteiger partial charge on any atom is 0.246 e. The van der Waals surface area contributed by atoms with Crippen molar-refractivity contribution in [3.8, 4) is 6.07 Å². The number of aromatic nitrogens is 2. The molecule has 0 aliphatic rings. The molecule has 0 saturated carbocycles. The Morgan fingerprint density at radius 1 is 1.56 bits per heavy atom. The fourth-order valence-corrected chi connectivity index (χ4v) is 1.57. The Labute approximate surface area is 105 Å². The number of anilines is 1. The lowest BCUT2D eigenvalue weighted by molar-refractivity contribution is -0.116. The monoisotopic (exact) mass is 240 g/mol. The van der Waals surface area contributed by atoms with Crippen molar-refractivity contribution in [1.82, 2.24) is 9.78 Å². The summed E-state index contributed by atoms with van der Waals surface area (Å²) in [6.07, 6.45) is 3.49. The van der Waals surface area contributed by atoms with E-state index < -0.39 is 0 Å². The van der Waals surface area contributed by atoms with Crippen LogP contribution in [-0.4, -0.2) is 15.7 Å². The Hall–Kier alpha value is -2.61. The smallest absolute Gasteiger partial charge is 0.246 e. The van der Waals surface area contributed by atoms with Gasteiger partial charge in [0, 0.05) is 11.9 Å². The van der Waals surface area contributed by atoms with E-state index in [9.17, 15) is 4.79 Å². The van der Waals surface area contributed by atoms with E-state index >= 15 is 0 Å². The topological polar surface area (TPSA) is 70.7 Å². The molecule has 0 atom stereocenters. The summed E-state index contributed by atoms with van der Waals surface area (Å²) in [6.45, 7) is 2.07. The fraction of sp³-hybridized carbons (Fsp3) is 0.154. The van der Waals surface area contributed by atoms with E-state index in [1.165, 1.54) is 0 Å². The molecule has 0 unspecified atom stereocenters. The van der Waals surface area contributed by atoms with E-state index in [1.54, 1.807) is 41.3 Å². The van der Waals surface area contributed by atoms with Crippen LogP contribution in [0, 0.1) is 18.3 Å². The highest BCUT2D eigenvalue weighted by Gasteiger charge is 2.04. The summed E-state index contributed by atoms with van der Waals surface area (Å²) in [5.41, 5.74) is 2.14. The molecule has 18 heavy (non-hydrogen) atoms. The van der Waals surface area contributed by atoms with Crippen LogP contribution in [0.1, 0.15) is 11.1 Å². The Balaban J connectivity index is 2.01. The van der Waals surface area contributed by atoms with Crippen molar-refractivity contribution in [3.05, 3.63) is 47.8 Å². The quantitative estimate of drug-likeness (QED) is 0.887. The molecule has 1 heterocycles. The first-order chi connectivity index (χ1) is 8.67. The summed E-state index contributed by atoms with van der Waals surface area (Å²) in [7, 11) is 0. The van der Waals surface area contributed by atoms with Crippen molar-refractivity contribution in [2.45, 2.75) is 13.5 Å². The molecule has 0 fully saturated rings. The van der Waals surface area contributed by atoms with Gasteiger partial charge in [-0.05, 0) is 30.7 Å². The largest absolute Gasteiger partial charge is 0.324 e. The average Bonchev–Trinajstić information content (AvgIpc) is 2.74. The van der Waals surface area contributed by atoms with Gasteiger partial charge in [-0.15, -0.1) is 0 Å². The molecule has 90 valence electrons. The maximum absolute atomic E-state index is 11.7. The van der Waals surface area contributed by atoms with Gasteiger partial charge in [-0.2, -0.15) is 10.4 Å². The van der Waals surface area contributed by atoms with E-state index in [-0.39, 0.29) is 12.5 Å². The molecule has 1 aromatic heterocycles. The highest BCUT2D eigenvalue weighted by atomic mass is 16.2. The minimum Gasteiger partial charge on any atom is -0.324 e. The molecule has 5 heteroatoms. The number of carbonyl (C=O) groups excluding carboxylic acids is 1. The first kappa shape index (κ1) is 11.9. The zero-order valence-electron chi connectivity index (χ0n) is 9.92. The van der Waals surface area contributed by atoms with E-state index in [0.717, 1.165) is 5.56 Å². The minimum absolute atomic E-state index is 0.157. The van der Waals surface area contributed by atoms with Crippen LogP contribution in [0.4, 0.5) is 5.69 Å². The molecule has 0 spiro atoms. The van der Waals surface area contributed by atoms with Gasteiger partial charge in [-0.1, -0.05) is 6.07 Å². The summed E-state index contributed by atoms with van der Waals surface area (Å²) < 4.78 is 1.57. The van der Waals surface area contributed by atoms with Gasteiger partial charge in [-0.25, -0.2) is 0 Å². The van der Waals surface area contributed by atoms with Crippen LogP contribution < -0.4 is 5.32 Å². The van der Waals surface area contributed by atoms with E-state index in [4.69, 9.17) is 5.26 Å². The number of hydrogen-bond acceptors (Lipinski definition) is 3. The van der Waals surface area contributed by atoms with Crippen molar-refractivity contribution in [3.63, 3.8) is 0 Å². The number of nitrogens with one attached hydrogen (secondary N) is 1. The molecule has 0 radical (unpaired) electrons. The molecule has 2 rings (SSSR count). The molecule has 1 N–H and O–H groups in total. The zero-order valence-corrected chi connectivity index (χ0v) is 9.92. The first-order valence-electron chi connectivity index (χ1n) is 5.46. The van der Waals surface area contributed by atoms with Gasteiger partial charge in [0.05, 0.1) is 17.8 Å². The predicted octanol–water partition coefficient (Wildman–Crippen LogP) is 1.70. The van der Waals surface area contributed by atoms with E-state index in [1.807, 2.05) is 13.0 Å². The van der Waals surface area contributed by atoms with Crippen LogP contribution in [0.5, 0.6) is 0 Å². The van der Waals surface area contributed by atoms with Crippen LogP contribution in [-0.2, 0) is 11.3 Å². The van der Waals surface area contributed by atoms with Crippen LogP contribution in [0.25, 0.3) is 0 Å². The third kappa shape index (κ3) is 2.95. The summed E-state index contributed by atoms with van der Waals surface area (Å²) in [5, 5.41) is 15.5. The van der Waals surface area contributed by atoms with E-state index in [0.29, 0.717) is 11.3 Å². The van der Waals surface area contributed by atoms with Gasteiger partial charge < -0.3 is 5.32 Å². The summed E-state index contributed by atoms with van der Waals surface area (Å²) in [4.78, 5) is 11.7. The summed E-state index contributed by atoms with van der Waals surface area (Å²) >= 11 is 0. The Morgan fingerprint density at radius 2 is 2.39 bits per heavy atom. The molecule has 2 aromatic rings. The lowest BCUT2D eigenvalue weighted by atomic mass is 10.2. The Kier molecular flexibility index (Phi) is 3.39. The van der Waals surface area contributed by atoms with Crippen molar-refractivity contribution in [1.29, 1.82) is 5.26 Å². The van der Waals surface area contributed by atoms with Gasteiger partial charge in [-0.3, -0.25) is 9.48 Å². The van der Waals surface area contributed by atoms with Gasteiger partial charge in [0.1, 0.15) is 6.54 Å². The fourth-order valence-electron chi connectivity index (χ4n) is 1.57. The molecule has 0 saturated heterocycles. The molecule has 0 aliphatic heterocycles. The van der Waals surface area contributed by atoms with Crippen LogP contribution in [0.15, 0.2) is 36.7 Å². The van der Waals surface area contributed by atoms with Gasteiger partial charge in [0.25, 0.3) is 0 Å². The Morgan fingerprint density at radius 3 is 3.06 bits per heavy atom. The Bertz CT molecular complexity index is 609. The number of carbonyl (C=O) groups is 1. The van der Waals surface area contributed by atoms with Crippen LogP contribution in [0.2, 0.25) is 0 Å². The van der Waals surface area contributed by atoms with Crippen molar-refractivity contribution in [2.24, 2.45) is 0 Å². The summed E-state index contributed by atoms with van der Waals surface area (Å²) in [6, 6.07) is 8.81. The van der Waals surface area contributed by atoms with Crippen molar-refractivity contribution >= 4 is 11.6 Å².